The number of hydrogen-bond donors (Lipinski definition) is 0. The van der Waals surface area contributed by atoms with Crippen LogP contribution in [-0.4, -0.2) is 48.6 Å². The smallest absolute Gasteiger partial charge is 0.0641 e. The average Bonchev–Trinajstić information content (AvgIpc) is 2.31. The fourth-order valence-electron chi connectivity index (χ4n) is 3.24. The molecule has 1 heterocycles. The number of rotatable bonds is 2. The minimum Gasteiger partial charge on any atom is -0.304 e. The Hall–Kier alpha value is -0.590. The molecule has 2 aliphatic rings. The maximum Gasteiger partial charge on any atom is 0.0641 e. The van der Waals surface area contributed by atoms with E-state index in [1.807, 2.05) is 0 Å². The summed E-state index contributed by atoms with van der Waals surface area (Å²) in [5.41, 5.74) is 0.230. The predicted molar refractivity (Wildman–Crippen MR) is 65.1 cm³/mol. The van der Waals surface area contributed by atoms with Crippen molar-refractivity contribution in [3.63, 3.8) is 0 Å². The third kappa shape index (κ3) is 2.39. The maximum atomic E-state index is 9.08. The van der Waals surface area contributed by atoms with Crippen LogP contribution in [0.25, 0.3) is 0 Å². The Morgan fingerprint density at radius 1 is 1.06 bits per heavy atom. The van der Waals surface area contributed by atoms with Crippen LogP contribution in [0.5, 0.6) is 0 Å². The Balaban J connectivity index is 2.03. The molecule has 3 nitrogen and oxygen atoms in total. The van der Waals surface area contributed by atoms with Crippen LogP contribution < -0.4 is 0 Å². The van der Waals surface area contributed by atoms with Crippen molar-refractivity contribution in [1.82, 2.24) is 9.80 Å². The number of nitrogens with zero attached hydrogens (tertiary/aromatic N) is 3. The van der Waals surface area contributed by atoms with Gasteiger partial charge in [0, 0.05) is 31.7 Å². The zero-order valence-corrected chi connectivity index (χ0v) is 10.4. The van der Waals surface area contributed by atoms with Gasteiger partial charge in [-0.2, -0.15) is 5.26 Å². The summed E-state index contributed by atoms with van der Waals surface area (Å²) in [5.74, 6) is 0. The highest BCUT2D eigenvalue weighted by molar-refractivity contribution is 5.00. The molecule has 2 fully saturated rings. The van der Waals surface area contributed by atoms with Crippen molar-refractivity contribution in [3.05, 3.63) is 0 Å². The first-order valence-electron chi connectivity index (χ1n) is 6.57. The molecule has 0 aromatic carbocycles. The van der Waals surface area contributed by atoms with Crippen molar-refractivity contribution < 1.29 is 0 Å². The lowest BCUT2D eigenvalue weighted by Gasteiger charge is -2.48. The van der Waals surface area contributed by atoms with E-state index in [0.29, 0.717) is 0 Å². The molecule has 0 radical (unpaired) electrons. The van der Waals surface area contributed by atoms with Gasteiger partial charge < -0.3 is 4.90 Å². The van der Waals surface area contributed by atoms with E-state index in [1.54, 1.807) is 0 Å². The highest BCUT2D eigenvalue weighted by Crippen LogP contribution is 2.36. The maximum absolute atomic E-state index is 9.08. The molecular formula is C13H23N3. The molecule has 1 saturated carbocycles. The van der Waals surface area contributed by atoms with Crippen LogP contribution in [0, 0.1) is 11.3 Å². The van der Waals surface area contributed by atoms with Gasteiger partial charge in [-0.05, 0) is 19.9 Å². The van der Waals surface area contributed by atoms with Crippen molar-refractivity contribution in [2.45, 2.75) is 44.1 Å². The van der Waals surface area contributed by atoms with E-state index in [1.165, 1.54) is 32.1 Å². The molecule has 0 unspecified atom stereocenters. The number of likely N-dealkylation sites (N-methyl/N-ethyl adjacent to an activating group) is 1. The first kappa shape index (κ1) is 11.9. The van der Waals surface area contributed by atoms with E-state index in [9.17, 15) is 0 Å². The minimum atomic E-state index is 0.230. The molecule has 16 heavy (non-hydrogen) atoms. The van der Waals surface area contributed by atoms with E-state index in [0.717, 1.165) is 32.6 Å². The van der Waals surface area contributed by atoms with Gasteiger partial charge in [-0.25, -0.2) is 0 Å². The third-order valence-electron chi connectivity index (χ3n) is 4.37. The molecule has 1 aliphatic carbocycles. The Kier molecular flexibility index (Phi) is 3.83. The lowest BCUT2D eigenvalue weighted by Crippen LogP contribution is -2.57. The number of hydrogen-bond acceptors (Lipinski definition) is 3. The highest BCUT2D eigenvalue weighted by atomic mass is 15.3. The topological polar surface area (TPSA) is 30.3 Å². The lowest BCUT2D eigenvalue weighted by atomic mass is 9.78. The normalized spacial score (nSPS) is 27.5. The largest absolute Gasteiger partial charge is 0.304 e. The van der Waals surface area contributed by atoms with Gasteiger partial charge in [-0.1, -0.05) is 19.3 Å². The predicted octanol–water partition coefficient (Wildman–Crippen LogP) is 1.85. The monoisotopic (exact) mass is 221 g/mol. The number of piperazine rings is 1. The summed E-state index contributed by atoms with van der Waals surface area (Å²) in [6.07, 6.45) is 7.20. The summed E-state index contributed by atoms with van der Waals surface area (Å²) < 4.78 is 0. The fraction of sp³-hybridized carbons (Fsp3) is 0.923. The second-order valence-corrected chi connectivity index (χ2v) is 5.41. The standard InChI is InChI=1S/C13H23N3/c1-15-9-11-16(12-10-15)13(7-8-14)5-3-2-4-6-13/h2-7,9-12H2,1H3. The molecular weight excluding hydrogens is 198 g/mol. The first-order chi connectivity index (χ1) is 7.77. The van der Waals surface area contributed by atoms with Gasteiger partial charge >= 0.3 is 0 Å². The zero-order chi connectivity index (χ0) is 11.4. The molecule has 3 heteroatoms. The Bertz CT molecular complexity index is 255. The van der Waals surface area contributed by atoms with Gasteiger partial charge in [0.25, 0.3) is 0 Å². The summed E-state index contributed by atoms with van der Waals surface area (Å²) in [6.45, 7) is 4.62. The summed E-state index contributed by atoms with van der Waals surface area (Å²) in [4.78, 5) is 4.99. The molecule has 1 saturated heterocycles. The minimum absolute atomic E-state index is 0.230. The number of nitriles is 1. The van der Waals surface area contributed by atoms with Crippen LogP contribution in [0.1, 0.15) is 38.5 Å². The van der Waals surface area contributed by atoms with E-state index >= 15 is 0 Å². The van der Waals surface area contributed by atoms with Crippen molar-refractivity contribution in [2.75, 3.05) is 33.2 Å². The average molecular weight is 221 g/mol. The lowest BCUT2D eigenvalue weighted by molar-refractivity contribution is 0.0164. The zero-order valence-electron chi connectivity index (χ0n) is 10.4. The van der Waals surface area contributed by atoms with Gasteiger partial charge in [-0.15, -0.1) is 0 Å². The summed E-state index contributed by atoms with van der Waals surface area (Å²) >= 11 is 0. The van der Waals surface area contributed by atoms with Crippen molar-refractivity contribution in [3.8, 4) is 6.07 Å². The second kappa shape index (κ2) is 5.16. The van der Waals surface area contributed by atoms with Gasteiger partial charge in [0.15, 0.2) is 0 Å². The van der Waals surface area contributed by atoms with E-state index < -0.39 is 0 Å². The summed E-state index contributed by atoms with van der Waals surface area (Å²) in [5, 5.41) is 9.08. The van der Waals surface area contributed by atoms with Gasteiger partial charge in [0.05, 0.1) is 12.5 Å². The highest BCUT2D eigenvalue weighted by Gasteiger charge is 2.38. The van der Waals surface area contributed by atoms with Crippen molar-refractivity contribution in [2.24, 2.45) is 0 Å². The SMILES string of the molecule is CN1CCN(C2(CC#N)CCCCC2)CC1. The Morgan fingerprint density at radius 3 is 2.25 bits per heavy atom. The van der Waals surface area contributed by atoms with Gasteiger partial charge in [-0.3, -0.25) is 4.90 Å². The Labute approximate surface area is 99.0 Å². The molecule has 0 amide bonds. The molecule has 0 atom stereocenters. The molecule has 0 aromatic rings. The molecule has 90 valence electrons. The van der Waals surface area contributed by atoms with Gasteiger partial charge in [0.1, 0.15) is 0 Å². The van der Waals surface area contributed by atoms with Gasteiger partial charge in [0.2, 0.25) is 0 Å². The summed E-state index contributed by atoms with van der Waals surface area (Å²) in [6, 6.07) is 2.43. The van der Waals surface area contributed by atoms with E-state index in [2.05, 4.69) is 22.9 Å². The third-order valence-corrected chi connectivity index (χ3v) is 4.37. The molecule has 0 spiro atoms. The molecule has 0 N–H and O–H groups in total. The van der Waals surface area contributed by atoms with Crippen LogP contribution in [0.15, 0.2) is 0 Å². The van der Waals surface area contributed by atoms with Crippen molar-refractivity contribution >= 4 is 0 Å². The van der Waals surface area contributed by atoms with E-state index in [-0.39, 0.29) is 5.54 Å². The summed E-state index contributed by atoms with van der Waals surface area (Å²) in [7, 11) is 2.19. The van der Waals surface area contributed by atoms with Crippen LogP contribution in [0.2, 0.25) is 0 Å². The van der Waals surface area contributed by atoms with E-state index in [4.69, 9.17) is 5.26 Å². The molecule has 2 rings (SSSR count). The van der Waals surface area contributed by atoms with Crippen LogP contribution in [0.4, 0.5) is 0 Å². The second-order valence-electron chi connectivity index (χ2n) is 5.41. The molecule has 1 aliphatic heterocycles. The van der Waals surface area contributed by atoms with Crippen LogP contribution in [-0.2, 0) is 0 Å². The molecule has 0 bridgehead atoms. The van der Waals surface area contributed by atoms with Crippen molar-refractivity contribution in [1.29, 1.82) is 5.26 Å². The quantitative estimate of drug-likeness (QED) is 0.713. The van der Waals surface area contributed by atoms with Crippen LogP contribution in [0.3, 0.4) is 0 Å². The first-order valence-corrected chi connectivity index (χ1v) is 6.57. The van der Waals surface area contributed by atoms with Crippen LogP contribution >= 0.6 is 0 Å². The fourth-order valence-corrected chi connectivity index (χ4v) is 3.24. The Morgan fingerprint density at radius 2 is 1.69 bits per heavy atom. The molecule has 0 aromatic heterocycles.